The molecule has 0 fully saturated rings. The number of hydrogen-bond donors (Lipinski definition) is 0. The Hall–Kier alpha value is 0.790. The van der Waals surface area contributed by atoms with Crippen LogP contribution in [0.15, 0.2) is 0 Å². The third kappa shape index (κ3) is 8.89. The van der Waals surface area contributed by atoms with E-state index in [4.69, 9.17) is 19.7 Å². The number of halogens is 1. The van der Waals surface area contributed by atoms with Crippen LogP contribution < -0.4 is 0 Å². The summed E-state index contributed by atoms with van der Waals surface area (Å²) in [7, 11) is 6.21. The van der Waals surface area contributed by atoms with Crippen LogP contribution in [0.5, 0.6) is 0 Å². The predicted molar refractivity (Wildman–Crippen MR) is 72.0 cm³/mol. The van der Waals surface area contributed by atoms with Gasteiger partial charge in [-0.3, -0.25) is 9.05 Å². The van der Waals surface area contributed by atoms with Crippen LogP contribution in [0.3, 0.4) is 0 Å². The van der Waals surface area contributed by atoms with Gasteiger partial charge in [-0.2, -0.15) is 0 Å². The van der Waals surface area contributed by atoms with Gasteiger partial charge >= 0.3 is 6.80 Å². The summed E-state index contributed by atoms with van der Waals surface area (Å²) in [5, 5.41) is 0. The van der Waals surface area contributed by atoms with Crippen molar-refractivity contribution in [1.82, 2.24) is 0 Å². The fraction of sp³-hybridized carbons (Fsp3) is 1.00. The Morgan fingerprint density at radius 1 is 1.00 bits per heavy atom. The van der Waals surface area contributed by atoms with Crippen molar-refractivity contribution in [3.05, 3.63) is 0 Å². The molecule has 0 saturated carbocycles. The van der Waals surface area contributed by atoms with E-state index in [2.05, 4.69) is 13.8 Å². The molecule has 0 aromatic heterocycles. The SMILES string of the molecule is CCCCCOP(=O)(OCCCCC)SCl. The van der Waals surface area contributed by atoms with E-state index in [-0.39, 0.29) is 0 Å². The lowest BCUT2D eigenvalue weighted by atomic mass is 10.3. The van der Waals surface area contributed by atoms with Gasteiger partial charge in [0.25, 0.3) is 0 Å². The quantitative estimate of drug-likeness (QED) is 0.377. The van der Waals surface area contributed by atoms with E-state index in [1.54, 1.807) is 0 Å². The van der Waals surface area contributed by atoms with Gasteiger partial charge in [0.05, 0.1) is 23.8 Å². The molecule has 0 spiro atoms. The van der Waals surface area contributed by atoms with Gasteiger partial charge in [0.1, 0.15) is 0 Å². The molecule has 0 aliphatic heterocycles. The zero-order valence-electron chi connectivity index (χ0n) is 10.1. The van der Waals surface area contributed by atoms with E-state index in [9.17, 15) is 4.57 Å². The minimum atomic E-state index is -3.10. The Bertz CT molecular complexity index is 189. The van der Waals surface area contributed by atoms with Crippen molar-refractivity contribution in [2.75, 3.05) is 13.2 Å². The Labute approximate surface area is 107 Å². The molecule has 0 saturated heterocycles. The molecule has 0 bridgehead atoms. The molecule has 0 aromatic carbocycles. The minimum Gasteiger partial charge on any atom is -0.300 e. The number of hydrogen-bond acceptors (Lipinski definition) is 4. The van der Waals surface area contributed by atoms with Crippen molar-refractivity contribution in [3.63, 3.8) is 0 Å². The predicted octanol–water partition coefficient (Wildman–Crippen LogP) is 5.40. The summed E-state index contributed by atoms with van der Waals surface area (Å²) >= 11 is 0. The molecule has 0 heterocycles. The minimum absolute atomic E-state index is 0.457. The zero-order valence-corrected chi connectivity index (χ0v) is 12.6. The maximum Gasteiger partial charge on any atom is 0.404 e. The molecule has 0 rings (SSSR count). The molecule has 0 aliphatic carbocycles. The smallest absolute Gasteiger partial charge is 0.300 e. The summed E-state index contributed by atoms with van der Waals surface area (Å²) in [6.45, 7) is 2.03. The highest BCUT2D eigenvalue weighted by atomic mass is 35.7. The molecule has 98 valence electrons. The van der Waals surface area contributed by atoms with Crippen molar-refractivity contribution in [2.24, 2.45) is 0 Å². The van der Waals surface area contributed by atoms with Gasteiger partial charge in [0, 0.05) is 0 Å². The standard InChI is InChI=1S/C10H22ClO3PS/c1-3-5-7-9-13-15(12,16-11)14-10-8-6-4-2/h3-10H2,1-2H3. The van der Waals surface area contributed by atoms with Gasteiger partial charge in [0.15, 0.2) is 0 Å². The lowest BCUT2D eigenvalue weighted by molar-refractivity contribution is 0.213. The fourth-order valence-electron chi connectivity index (χ4n) is 1.13. The maximum atomic E-state index is 11.9. The Kier molecular flexibility index (Phi) is 11.5. The van der Waals surface area contributed by atoms with E-state index in [0.29, 0.717) is 23.8 Å². The van der Waals surface area contributed by atoms with Gasteiger partial charge in [-0.25, -0.2) is 4.57 Å². The lowest BCUT2D eigenvalue weighted by Crippen LogP contribution is -1.96. The van der Waals surface area contributed by atoms with Crippen LogP contribution in [-0.4, -0.2) is 13.2 Å². The maximum absolute atomic E-state index is 11.9. The highest BCUT2D eigenvalue weighted by molar-refractivity contribution is 8.66. The van der Waals surface area contributed by atoms with Crippen LogP contribution in [0.1, 0.15) is 52.4 Å². The normalized spacial score (nSPS) is 11.9. The monoisotopic (exact) mass is 288 g/mol. The topological polar surface area (TPSA) is 35.5 Å². The molecule has 0 unspecified atom stereocenters. The lowest BCUT2D eigenvalue weighted by Gasteiger charge is -2.14. The van der Waals surface area contributed by atoms with E-state index < -0.39 is 6.80 Å². The van der Waals surface area contributed by atoms with Crippen LogP contribution in [-0.2, 0) is 13.6 Å². The second kappa shape index (κ2) is 10.9. The summed E-state index contributed by atoms with van der Waals surface area (Å²) < 4.78 is 22.3. The van der Waals surface area contributed by atoms with Gasteiger partial charge in [0.2, 0.25) is 0 Å². The molecule has 0 aliphatic rings. The molecule has 0 N–H and O–H groups in total. The number of unbranched alkanes of at least 4 members (excludes halogenated alkanes) is 4. The van der Waals surface area contributed by atoms with Crippen molar-refractivity contribution in [2.45, 2.75) is 52.4 Å². The van der Waals surface area contributed by atoms with E-state index in [1.807, 2.05) is 0 Å². The summed E-state index contributed by atoms with van der Waals surface area (Å²) in [5.74, 6) is 0. The van der Waals surface area contributed by atoms with Gasteiger partial charge in [-0.1, -0.05) is 39.5 Å². The highest BCUT2D eigenvalue weighted by Gasteiger charge is 2.24. The molecule has 6 heteroatoms. The molecule has 16 heavy (non-hydrogen) atoms. The molecule has 0 atom stereocenters. The third-order valence-corrected chi connectivity index (χ3v) is 5.91. The van der Waals surface area contributed by atoms with Crippen LogP contribution >= 0.6 is 28.1 Å². The van der Waals surface area contributed by atoms with Crippen molar-refractivity contribution in [3.8, 4) is 0 Å². The zero-order chi connectivity index (χ0) is 12.3. The molecule has 3 nitrogen and oxygen atoms in total. The summed E-state index contributed by atoms with van der Waals surface area (Å²) in [6, 6.07) is 0. The van der Waals surface area contributed by atoms with Gasteiger partial charge in [-0.05, 0) is 23.5 Å². The van der Waals surface area contributed by atoms with Crippen molar-refractivity contribution < 1.29 is 13.6 Å². The first-order valence-corrected chi connectivity index (χ1v) is 9.67. The van der Waals surface area contributed by atoms with Crippen LogP contribution in [0.4, 0.5) is 0 Å². The first-order chi connectivity index (χ1) is 7.68. The number of rotatable bonds is 11. The summed E-state index contributed by atoms with van der Waals surface area (Å²) in [6.07, 6.45) is 6.16. The van der Waals surface area contributed by atoms with E-state index >= 15 is 0 Å². The molecular formula is C10H22ClO3PS. The molecule has 0 radical (unpaired) electrons. The molecular weight excluding hydrogens is 267 g/mol. The Balaban J connectivity index is 3.69. The fourth-order valence-corrected chi connectivity index (χ4v) is 3.40. The van der Waals surface area contributed by atoms with Crippen LogP contribution in [0.25, 0.3) is 0 Å². The first-order valence-electron chi connectivity index (χ1n) is 5.88. The summed E-state index contributed by atoms with van der Waals surface area (Å²) in [4.78, 5) is 0. The third-order valence-electron chi connectivity index (χ3n) is 2.08. The van der Waals surface area contributed by atoms with Gasteiger partial charge in [-0.15, -0.1) is 0 Å². The second-order valence-corrected chi connectivity index (χ2v) is 8.14. The van der Waals surface area contributed by atoms with E-state index in [0.717, 1.165) is 38.5 Å². The molecule has 0 amide bonds. The average Bonchev–Trinajstić information content (AvgIpc) is 2.31. The van der Waals surface area contributed by atoms with Crippen molar-refractivity contribution >= 4 is 28.1 Å². The van der Waals surface area contributed by atoms with Crippen molar-refractivity contribution in [1.29, 1.82) is 0 Å². The van der Waals surface area contributed by atoms with Gasteiger partial charge < -0.3 is 0 Å². The van der Waals surface area contributed by atoms with Crippen LogP contribution in [0, 0.1) is 0 Å². The largest absolute Gasteiger partial charge is 0.404 e. The van der Waals surface area contributed by atoms with E-state index in [1.165, 1.54) is 0 Å². The Morgan fingerprint density at radius 2 is 1.44 bits per heavy atom. The molecule has 0 aromatic rings. The average molecular weight is 289 g/mol. The van der Waals surface area contributed by atoms with Crippen LogP contribution in [0.2, 0.25) is 0 Å². The highest BCUT2D eigenvalue weighted by Crippen LogP contribution is 2.62. The summed E-state index contributed by atoms with van der Waals surface area (Å²) in [5.41, 5.74) is 0. The Morgan fingerprint density at radius 3 is 1.75 bits per heavy atom. The first kappa shape index (κ1) is 16.8. The second-order valence-electron chi connectivity index (χ2n) is 3.60.